The second-order valence-corrected chi connectivity index (χ2v) is 5.48. The van der Waals surface area contributed by atoms with Gasteiger partial charge in [-0.25, -0.2) is 0 Å². The van der Waals surface area contributed by atoms with Gasteiger partial charge in [0.25, 0.3) is 0 Å². The molecule has 5 nitrogen and oxygen atoms in total. The van der Waals surface area contributed by atoms with Gasteiger partial charge in [-0.2, -0.15) is 0 Å². The van der Waals surface area contributed by atoms with Crippen molar-refractivity contribution in [3.63, 3.8) is 0 Å². The van der Waals surface area contributed by atoms with E-state index in [2.05, 4.69) is 24.1 Å². The van der Waals surface area contributed by atoms with Crippen molar-refractivity contribution in [1.29, 1.82) is 0 Å². The molecule has 0 bridgehead atoms. The van der Waals surface area contributed by atoms with Crippen LogP contribution in [0.2, 0.25) is 0 Å². The molecule has 0 aliphatic heterocycles. The molecular weight excluding hydrogens is 266 g/mol. The van der Waals surface area contributed by atoms with Crippen LogP contribution in [0.1, 0.15) is 32.8 Å². The van der Waals surface area contributed by atoms with E-state index in [9.17, 15) is 4.79 Å². The molecule has 0 fully saturated rings. The largest absolute Gasteiger partial charge is 0.396 e. The monoisotopic (exact) mass is 293 g/mol. The van der Waals surface area contributed by atoms with Crippen molar-refractivity contribution in [2.24, 2.45) is 5.73 Å². The van der Waals surface area contributed by atoms with Gasteiger partial charge in [0.1, 0.15) is 0 Å². The molecule has 0 aliphatic rings. The van der Waals surface area contributed by atoms with Gasteiger partial charge in [0.05, 0.1) is 6.04 Å². The quantitative estimate of drug-likeness (QED) is 0.680. The highest BCUT2D eigenvalue weighted by atomic mass is 16.3. The van der Waals surface area contributed by atoms with Gasteiger partial charge in [0.2, 0.25) is 5.91 Å². The van der Waals surface area contributed by atoms with E-state index in [-0.39, 0.29) is 24.6 Å². The van der Waals surface area contributed by atoms with Crippen LogP contribution in [-0.2, 0) is 11.3 Å². The molecule has 0 aliphatic carbocycles. The van der Waals surface area contributed by atoms with Crippen LogP contribution in [0.3, 0.4) is 0 Å². The summed E-state index contributed by atoms with van der Waals surface area (Å²) in [6.07, 6.45) is 0.668. The first kappa shape index (κ1) is 17.6. The average Bonchev–Trinajstić information content (AvgIpc) is 2.47. The number of nitrogens with two attached hydrogens (primary N) is 1. The number of carbonyl (C=O) groups excluding carboxylic acids is 1. The van der Waals surface area contributed by atoms with Crippen molar-refractivity contribution < 1.29 is 9.90 Å². The topological polar surface area (TPSA) is 78.6 Å². The molecule has 0 heterocycles. The molecule has 0 aromatic heterocycles. The van der Waals surface area contributed by atoms with Gasteiger partial charge in [-0.05, 0) is 44.9 Å². The lowest BCUT2D eigenvalue weighted by Gasteiger charge is -2.31. The van der Waals surface area contributed by atoms with Gasteiger partial charge in [-0.1, -0.05) is 12.1 Å². The van der Waals surface area contributed by atoms with Crippen LogP contribution < -0.4 is 11.1 Å². The molecule has 1 amide bonds. The lowest BCUT2D eigenvalue weighted by molar-refractivity contribution is -0.121. The zero-order valence-corrected chi connectivity index (χ0v) is 13.2. The Balaban J connectivity index is 2.66. The minimum Gasteiger partial charge on any atom is -0.396 e. The Hall–Kier alpha value is -1.43. The number of nitrogens with zero attached hydrogens (tertiary/aromatic N) is 1. The van der Waals surface area contributed by atoms with E-state index < -0.39 is 0 Å². The number of benzene rings is 1. The molecule has 1 unspecified atom stereocenters. The molecule has 0 saturated heterocycles. The fourth-order valence-electron chi connectivity index (χ4n) is 2.27. The zero-order chi connectivity index (χ0) is 15.8. The molecule has 4 N–H and O–H groups in total. The van der Waals surface area contributed by atoms with E-state index >= 15 is 0 Å². The van der Waals surface area contributed by atoms with Crippen LogP contribution in [0.25, 0.3) is 0 Å². The molecule has 118 valence electrons. The van der Waals surface area contributed by atoms with Crippen LogP contribution in [0.4, 0.5) is 5.69 Å². The van der Waals surface area contributed by atoms with E-state index in [0.717, 1.165) is 11.3 Å². The van der Waals surface area contributed by atoms with Gasteiger partial charge in [-0.15, -0.1) is 0 Å². The van der Waals surface area contributed by atoms with Crippen LogP contribution in [0.5, 0.6) is 0 Å². The maximum Gasteiger partial charge on any atom is 0.241 e. The Morgan fingerprint density at radius 2 is 1.90 bits per heavy atom. The minimum atomic E-state index is -0.245. The highest BCUT2D eigenvalue weighted by Gasteiger charge is 2.23. The second kappa shape index (κ2) is 8.77. The fraction of sp³-hybridized carbons (Fsp3) is 0.562. The van der Waals surface area contributed by atoms with Crippen molar-refractivity contribution in [3.05, 3.63) is 29.8 Å². The first-order chi connectivity index (χ1) is 9.99. The smallest absolute Gasteiger partial charge is 0.241 e. The molecule has 0 radical (unpaired) electrons. The fourth-order valence-corrected chi connectivity index (χ4v) is 2.27. The Morgan fingerprint density at radius 3 is 2.38 bits per heavy atom. The van der Waals surface area contributed by atoms with E-state index in [4.69, 9.17) is 10.8 Å². The number of rotatable bonds is 8. The molecule has 1 aromatic rings. The van der Waals surface area contributed by atoms with Gasteiger partial charge in [-0.3, -0.25) is 9.69 Å². The normalized spacial score (nSPS) is 12.7. The predicted molar refractivity (Wildman–Crippen MR) is 86.0 cm³/mol. The minimum absolute atomic E-state index is 0.0397. The highest BCUT2D eigenvalue weighted by Crippen LogP contribution is 2.12. The lowest BCUT2D eigenvalue weighted by Crippen LogP contribution is -2.46. The van der Waals surface area contributed by atoms with Crippen molar-refractivity contribution in [1.82, 2.24) is 4.90 Å². The number of hydrogen-bond acceptors (Lipinski definition) is 4. The van der Waals surface area contributed by atoms with Gasteiger partial charge >= 0.3 is 0 Å². The maximum absolute atomic E-state index is 12.3. The summed E-state index contributed by atoms with van der Waals surface area (Å²) in [6.45, 7) is 7.33. The average molecular weight is 293 g/mol. The summed E-state index contributed by atoms with van der Waals surface area (Å²) in [5, 5.41) is 11.9. The SMILES string of the molecule is CC(C)N(CCCO)C(C)C(=O)Nc1ccc(CN)cc1. The zero-order valence-electron chi connectivity index (χ0n) is 13.2. The summed E-state index contributed by atoms with van der Waals surface area (Å²) in [5.74, 6) is -0.0397. The Morgan fingerprint density at radius 1 is 1.29 bits per heavy atom. The number of aliphatic hydroxyl groups excluding tert-OH is 1. The standard InChI is InChI=1S/C16H27N3O2/c1-12(2)19(9-4-10-20)13(3)16(21)18-15-7-5-14(11-17)6-8-15/h5-8,12-13,20H,4,9-11,17H2,1-3H3,(H,18,21). The molecule has 1 atom stereocenters. The van der Waals surface area contributed by atoms with Crippen molar-refractivity contribution in [2.45, 2.75) is 45.8 Å². The lowest BCUT2D eigenvalue weighted by atomic mass is 10.1. The number of anilines is 1. The van der Waals surface area contributed by atoms with E-state index in [1.165, 1.54) is 0 Å². The molecule has 5 heteroatoms. The number of nitrogens with one attached hydrogen (secondary N) is 1. The summed E-state index contributed by atoms with van der Waals surface area (Å²) in [4.78, 5) is 14.4. The summed E-state index contributed by atoms with van der Waals surface area (Å²) < 4.78 is 0. The van der Waals surface area contributed by atoms with Crippen LogP contribution in [0.15, 0.2) is 24.3 Å². The van der Waals surface area contributed by atoms with Crippen LogP contribution in [-0.4, -0.2) is 41.1 Å². The summed E-state index contributed by atoms with van der Waals surface area (Å²) in [6, 6.07) is 7.54. The Kier molecular flexibility index (Phi) is 7.36. The molecule has 0 spiro atoms. The van der Waals surface area contributed by atoms with Crippen molar-refractivity contribution >= 4 is 11.6 Å². The number of carbonyl (C=O) groups is 1. The van der Waals surface area contributed by atoms with Gasteiger partial charge in [0.15, 0.2) is 0 Å². The first-order valence-electron chi connectivity index (χ1n) is 7.46. The van der Waals surface area contributed by atoms with Gasteiger partial charge < -0.3 is 16.2 Å². The number of hydrogen-bond donors (Lipinski definition) is 3. The van der Waals surface area contributed by atoms with Crippen molar-refractivity contribution in [2.75, 3.05) is 18.5 Å². The number of amides is 1. The Labute approximate surface area is 127 Å². The second-order valence-electron chi connectivity index (χ2n) is 5.48. The van der Waals surface area contributed by atoms with Crippen molar-refractivity contribution in [3.8, 4) is 0 Å². The summed E-state index contributed by atoms with van der Waals surface area (Å²) >= 11 is 0. The summed E-state index contributed by atoms with van der Waals surface area (Å²) in [5.41, 5.74) is 7.36. The van der Waals surface area contributed by atoms with Crippen LogP contribution >= 0.6 is 0 Å². The predicted octanol–water partition coefficient (Wildman–Crippen LogP) is 1.57. The molecule has 1 rings (SSSR count). The molecular formula is C16H27N3O2. The third-order valence-electron chi connectivity index (χ3n) is 3.57. The van der Waals surface area contributed by atoms with Crippen LogP contribution in [0, 0.1) is 0 Å². The Bertz CT molecular complexity index is 432. The first-order valence-corrected chi connectivity index (χ1v) is 7.46. The molecule has 21 heavy (non-hydrogen) atoms. The number of aliphatic hydroxyl groups is 1. The summed E-state index contributed by atoms with van der Waals surface area (Å²) in [7, 11) is 0. The third kappa shape index (κ3) is 5.46. The molecule has 0 saturated carbocycles. The van der Waals surface area contributed by atoms with Gasteiger partial charge in [0, 0.05) is 31.4 Å². The highest BCUT2D eigenvalue weighted by molar-refractivity contribution is 5.94. The maximum atomic E-state index is 12.3. The molecule has 1 aromatic carbocycles. The van der Waals surface area contributed by atoms with E-state index in [1.807, 2.05) is 31.2 Å². The van der Waals surface area contributed by atoms with E-state index in [1.54, 1.807) is 0 Å². The third-order valence-corrected chi connectivity index (χ3v) is 3.57. The van der Waals surface area contributed by atoms with E-state index in [0.29, 0.717) is 19.5 Å².